The molecule has 0 bridgehead atoms. The van der Waals surface area contributed by atoms with Crippen LogP contribution in [0, 0.1) is 11.6 Å². The van der Waals surface area contributed by atoms with Crippen molar-refractivity contribution in [2.75, 3.05) is 22.1 Å². The van der Waals surface area contributed by atoms with Crippen LogP contribution in [0.2, 0.25) is 10.0 Å². The average molecular weight is 850 g/mol. The maximum atomic E-state index is 14.8. The van der Waals surface area contributed by atoms with Gasteiger partial charge in [0.1, 0.15) is 32.9 Å². The van der Waals surface area contributed by atoms with E-state index in [1.54, 1.807) is 18.2 Å². The van der Waals surface area contributed by atoms with E-state index in [2.05, 4.69) is 20.0 Å². The molecule has 0 aliphatic heterocycles. The second-order valence-corrected chi connectivity index (χ2v) is 16.1. The first-order valence-electron chi connectivity index (χ1n) is 14.9. The Hall–Kier alpha value is -4.44. The Morgan fingerprint density at radius 1 is 0.906 bits per heavy atom. The van der Waals surface area contributed by atoms with Crippen LogP contribution in [0.3, 0.4) is 0 Å². The SMILES string of the molecule is NC(=O)CCNCCCc1cc(Cl)ccc1Oc1cc(F)c(S(=O)(=O)Nc2cscn2)cc1Cl.O=C(O)N(c1cscn1)S(=O)(=O)c1ccccc1F. The normalized spacial score (nSPS) is 11.3. The van der Waals surface area contributed by atoms with Crippen molar-refractivity contribution in [1.29, 1.82) is 0 Å². The molecule has 0 saturated carbocycles. The number of carboxylic acid groups (broad SMARTS) is 1. The number of hydrogen-bond donors (Lipinski definition) is 4. The molecule has 14 nitrogen and oxygen atoms in total. The Kier molecular flexibility index (Phi) is 14.5. The smallest absolute Gasteiger partial charge is 0.427 e. The zero-order chi connectivity index (χ0) is 38.8. The number of aromatic nitrogens is 2. The first-order chi connectivity index (χ1) is 25.1. The number of rotatable bonds is 15. The van der Waals surface area contributed by atoms with E-state index in [1.807, 2.05) is 0 Å². The fourth-order valence-electron chi connectivity index (χ4n) is 4.33. The number of ether oxygens (including phenoxy) is 1. The van der Waals surface area contributed by atoms with Crippen molar-refractivity contribution in [2.45, 2.75) is 29.1 Å². The van der Waals surface area contributed by atoms with Crippen molar-refractivity contribution < 1.29 is 45.0 Å². The molecule has 282 valence electrons. The van der Waals surface area contributed by atoms with Crippen LogP contribution in [0.4, 0.5) is 25.2 Å². The van der Waals surface area contributed by atoms with Gasteiger partial charge in [-0.25, -0.2) is 40.4 Å². The molecular weight excluding hydrogens is 822 g/mol. The van der Waals surface area contributed by atoms with Crippen molar-refractivity contribution >= 4 is 89.6 Å². The number of hydrogen-bond acceptors (Lipinski definition) is 12. The van der Waals surface area contributed by atoms with Crippen molar-refractivity contribution in [3.05, 3.63) is 104 Å². The van der Waals surface area contributed by atoms with Crippen LogP contribution < -0.4 is 24.8 Å². The molecule has 0 fully saturated rings. The van der Waals surface area contributed by atoms with E-state index in [-0.39, 0.29) is 39.0 Å². The number of primary amides is 1. The Balaban J connectivity index is 0.000000278. The van der Waals surface area contributed by atoms with Gasteiger partial charge in [-0.15, -0.1) is 27.0 Å². The van der Waals surface area contributed by atoms with E-state index < -0.39 is 47.6 Å². The molecule has 0 spiro atoms. The number of thiazole rings is 2. The van der Waals surface area contributed by atoms with Gasteiger partial charge in [0.25, 0.3) is 20.0 Å². The lowest BCUT2D eigenvalue weighted by atomic mass is 10.1. The van der Waals surface area contributed by atoms with Crippen LogP contribution in [-0.4, -0.2) is 57.0 Å². The predicted molar refractivity (Wildman–Crippen MR) is 197 cm³/mol. The molecule has 53 heavy (non-hydrogen) atoms. The van der Waals surface area contributed by atoms with Crippen LogP contribution in [0.15, 0.2) is 86.2 Å². The zero-order valence-corrected chi connectivity index (χ0v) is 31.7. The molecule has 2 heterocycles. The zero-order valence-electron chi connectivity index (χ0n) is 26.9. The number of amides is 2. The molecule has 22 heteroatoms. The van der Waals surface area contributed by atoms with Crippen LogP contribution in [0.25, 0.3) is 0 Å². The summed E-state index contributed by atoms with van der Waals surface area (Å²) >= 11 is 14.6. The molecule has 2 aromatic heterocycles. The van der Waals surface area contributed by atoms with Gasteiger partial charge < -0.3 is 20.9 Å². The molecule has 0 saturated heterocycles. The van der Waals surface area contributed by atoms with E-state index >= 15 is 0 Å². The highest BCUT2D eigenvalue weighted by molar-refractivity contribution is 7.93. The highest BCUT2D eigenvalue weighted by Crippen LogP contribution is 2.36. The minimum Gasteiger partial charge on any atom is -0.464 e. The van der Waals surface area contributed by atoms with Gasteiger partial charge in [0.15, 0.2) is 11.6 Å². The van der Waals surface area contributed by atoms with Gasteiger partial charge in [0, 0.05) is 34.8 Å². The largest absolute Gasteiger partial charge is 0.464 e. The van der Waals surface area contributed by atoms with Gasteiger partial charge in [-0.1, -0.05) is 35.3 Å². The molecule has 5 aromatic rings. The van der Waals surface area contributed by atoms with Crippen molar-refractivity contribution in [3.8, 4) is 11.5 Å². The van der Waals surface area contributed by atoms with Gasteiger partial charge in [-0.3, -0.25) is 9.52 Å². The minimum absolute atomic E-state index is 0.0436. The third kappa shape index (κ3) is 11.3. The molecule has 2 amide bonds. The highest BCUT2D eigenvalue weighted by atomic mass is 35.5. The summed E-state index contributed by atoms with van der Waals surface area (Å²) in [6, 6.07) is 11.4. The molecular formula is C31H28Cl2F2N6O8S4. The summed E-state index contributed by atoms with van der Waals surface area (Å²) in [5.41, 5.74) is 8.58. The summed E-state index contributed by atoms with van der Waals surface area (Å²) in [6.07, 6.45) is -0.226. The van der Waals surface area contributed by atoms with E-state index in [0.717, 1.165) is 41.2 Å². The number of nitrogens with one attached hydrogen (secondary N) is 2. The summed E-state index contributed by atoms with van der Waals surface area (Å²) in [5.74, 6) is -2.29. The summed E-state index contributed by atoms with van der Waals surface area (Å²) in [4.78, 5) is 28.0. The number of carbonyl (C=O) groups is 2. The second kappa shape index (κ2) is 18.5. The first kappa shape index (κ1) is 41.3. The van der Waals surface area contributed by atoms with Crippen LogP contribution >= 0.6 is 45.9 Å². The van der Waals surface area contributed by atoms with Crippen molar-refractivity contribution in [1.82, 2.24) is 15.3 Å². The predicted octanol–water partition coefficient (Wildman–Crippen LogP) is 6.74. The van der Waals surface area contributed by atoms with Crippen molar-refractivity contribution in [3.63, 3.8) is 0 Å². The third-order valence-corrected chi connectivity index (χ3v) is 11.5. The quantitative estimate of drug-likeness (QED) is 0.0811. The fraction of sp³-hybridized carbons (Fsp3) is 0.161. The number of nitrogens with two attached hydrogens (primary N) is 1. The van der Waals surface area contributed by atoms with Gasteiger partial charge in [-0.05, 0) is 61.3 Å². The van der Waals surface area contributed by atoms with Crippen LogP contribution in [0.5, 0.6) is 11.5 Å². The van der Waals surface area contributed by atoms with Crippen LogP contribution in [0.1, 0.15) is 18.4 Å². The Labute approximate surface area is 320 Å². The van der Waals surface area contributed by atoms with Crippen molar-refractivity contribution in [2.24, 2.45) is 5.73 Å². The molecule has 0 radical (unpaired) electrons. The minimum atomic E-state index is -4.55. The Bertz CT molecular complexity index is 2270. The molecule has 0 aliphatic rings. The summed E-state index contributed by atoms with van der Waals surface area (Å²) < 4.78 is 85.7. The molecule has 0 unspecified atom stereocenters. The maximum absolute atomic E-state index is 14.8. The lowest BCUT2D eigenvalue weighted by Crippen LogP contribution is -2.36. The lowest BCUT2D eigenvalue weighted by molar-refractivity contribution is -0.117. The number of nitrogens with zero attached hydrogens (tertiary/aromatic N) is 3. The molecule has 5 N–H and O–H groups in total. The number of carbonyl (C=O) groups excluding carboxylic acids is 1. The molecule has 0 atom stereocenters. The number of aryl methyl sites for hydroxylation is 1. The number of benzene rings is 3. The number of anilines is 2. The summed E-state index contributed by atoms with van der Waals surface area (Å²) in [5, 5.41) is 15.3. The highest BCUT2D eigenvalue weighted by Gasteiger charge is 2.34. The summed E-state index contributed by atoms with van der Waals surface area (Å²) in [7, 11) is -8.79. The number of sulfonamides is 2. The van der Waals surface area contributed by atoms with E-state index in [0.29, 0.717) is 36.7 Å². The number of halogens is 4. The Morgan fingerprint density at radius 3 is 2.26 bits per heavy atom. The fourth-order valence-corrected chi connectivity index (χ4v) is 8.34. The molecule has 0 aliphatic carbocycles. The Morgan fingerprint density at radius 2 is 1.62 bits per heavy atom. The average Bonchev–Trinajstić information content (AvgIpc) is 3.80. The van der Waals surface area contributed by atoms with Gasteiger partial charge >= 0.3 is 6.09 Å². The standard InChI is InChI=1S/C21H21Cl2FN4O4S2.C10H7FN2O4S2/c22-14-3-4-17(13(8-14)2-1-6-26-7-5-20(25)29)32-18-10-16(24)19(9-15(18)23)34(30,31)28-21-11-33-12-27-21;11-7-3-1-2-4-8(7)19(16,17)13(10(14)15)9-5-18-6-12-9/h3-4,8-12,26,28H,1-2,5-7H2,(H2,25,29);1-6H,(H,14,15). The van der Waals surface area contributed by atoms with Gasteiger partial charge in [0.2, 0.25) is 5.91 Å². The lowest BCUT2D eigenvalue weighted by Gasteiger charge is -2.16. The molecule has 3 aromatic carbocycles. The molecule has 5 rings (SSSR count). The van der Waals surface area contributed by atoms with E-state index in [9.17, 15) is 35.2 Å². The van der Waals surface area contributed by atoms with Crippen LogP contribution in [-0.2, 0) is 31.3 Å². The summed E-state index contributed by atoms with van der Waals surface area (Å²) in [6.45, 7) is 1.11. The van der Waals surface area contributed by atoms with E-state index in [1.165, 1.54) is 45.3 Å². The maximum Gasteiger partial charge on any atom is 0.427 e. The van der Waals surface area contributed by atoms with E-state index in [4.69, 9.17) is 38.8 Å². The van der Waals surface area contributed by atoms with Gasteiger partial charge in [-0.2, -0.15) is 0 Å². The first-order valence-corrected chi connectivity index (χ1v) is 20.4. The second-order valence-electron chi connectivity index (χ2n) is 10.4. The monoisotopic (exact) mass is 848 g/mol. The topological polar surface area (TPSA) is 211 Å². The third-order valence-electron chi connectivity index (χ3n) is 6.69. The van der Waals surface area contributed by atoms with Gasteiger partial charge in [0.05, 0.1) is 16.0 Å².